The molecule has 5 nitrogen and oxygen atoms in total. The van der Waals surface area contributed by atoms with Crippen molar-refractivity contribution >= 4 is 5.91 Å². The second-order valence-electron chi connectivity index (χ2n) is 6.58. The molecule has 134 valence electrons. The Morgan fingerprint density at radius 3 is 2.33 bits per heavy atom. The zero-order chi connectivity index (χ0) is 17.4. The lowest BCUT2D eigenvalue weighted by Crippen LogP contribution is -2.35. The number of hydrogen-bond acceptors (Lipinski definition) is 4. The van der Waals surface area contributed by atoms with Crippen molar-refractivity contribution in [2.75, 3.05) is 33.9 Å². The summed E-state index contributed by atoms with van der Waals surface area (Å²) in [5, 5.41) is 2.91. The number of amides is 1. The van der Waals surface area contributed by atoms with Gasteiger partial charge in [0.1, 0.15) is 0 Å². The Kier molecular flexibility index (Phi) is 7.21. The van der Waals surface area contributed by atoms with E-state index in [4.69, 9.17) is 9.47 Å². The maximum Gasteiger partial charge on any atom is 0.251 e. The first-order valence-electron chi connectivity index (χ1n) is 8.76. The molecule has 1 saturated heterocycles. The molecule has 0 unspecified atom stereocenters. The molecule has 1 heterocycles. The van der Waals surface area contributed by atoms with E-state index in [-0.39, 0.29) is 5.91 Å². The van der Waals surface area contributed by atoms with Gasteiger partial charge in [0.2, 0.25) is 0 Å². The Morgan fingerprint density at radius 1 is 1.12 bits per heavy atom. The van der Waals surface area contributed by atoms with Crippen LogP contribution in [-0.4, -0.2) is 50.4 Å². The van der Waals surface area contributed by atoms with Crippen LogP contribution in [0.2, 0.25) is 0 Å². The van der Waals surface area contributed by atoms with E-state index in [2.05, 4.69) is 22.3 Å². The van der Waals surface area contributed by atoms with Gasteiger partial charge in [-0.3, -0.25) is 9.69 Å². The second kappa shape index (κ2) is 9.16. The lowest BCUT2D eigenvalue weighted by atomic mass is 10.1. The molecule has 2 rings (SSSR count). The molecule has 0 atom stereocenters. The van der Waals surface area contributed by atoms with Crippen molar-refractivity contribution < 1.29 is 14.3 Å². The van der Waals surface area contributed by atoms with Gasteiger partial charge in [0, 0.05) is 39.3 Å². The quantitative estimate of drug-likeness (QED) is 0.743. The number of piperidine rings is 1. The molecule has 1 aliphatic heterocycles. The van der Waals surface area contributed by atoms with Crippen molar-refractivity contribution in [3.63, 3.8) is 0 Å². The summed E-state index contributed by atoms with van der Waals surface area (Å²) < 4.78 is 10.6. The summed E-state index contributed by atoms with van der Waals surface area (Å²) in [5.41, 5.74) is 1.95. The van der Waals surface area contributed by atoms with Gasteiger partial charge in [-0.15, -0.1) is 0 Å². The third-order valence-corrected chi connectivity index (χ3v) is 4.80. The van der Waals surface area contributed by atoms with Gasteiger partial charge in [0.15, 0.2) is 5.79 Å². The largest absolute Gasteiger partial charge is 0.353 e. The predicted octanol–water partition coefficient (Wildman–Crippen LogP) is 2.80. The molecular weight excluding hydrogens is 304 g/mol. The number of nitrogens with one attached hydrogen (secondary N) is 1. The summed E-state index contributed by atoms with van der Waals surface area (Å²) in [6.07, 6.45) is 4.53. The topological polar surface area (TPSA) is 50.8 Å². The highest BCUT2D eigenvalue weighted by molar-refractivity contribution is 5.94. The van der Waals surface area contributed by atoms with Crippen LogP contribution in [-0.2, 0) is 16.0 Å². The van der Waals surface area contributed by atoms with Gasteiger partial charge in [0.25, 0.3) is 5.91 Å². The van der Waals surface area contributed by atoms with Crippen LogP contribution in [0.1, 0.15) is 48.5 Å². The third-order valence-electron chi connectivity index (χ3n) is 4.80. The van der Waals surface area contributed by atoms with Crippen LogP contribution in [0.4, 0.5) is 0 Å². The molecule has 0 saturated carbocycles. The molecule has 1 aromatic carbocycles. The number of benzene rings is 1. The predicted molar refractivity (Wildman–Crippen MR) is 94.9 cm³/mol. The first kappa shape index (κ1) is 18.9. The van der Waals surface area contributed by atoms with Crippen LogP contribution in [0.5, 0.6) is 0 Å². The van der Waals surface area contributed by atoms with Crippen LogP contribution in [0, 0.1) is 0 Å². The number of nitrogens with zero attached hydrogens (tertiary/aromatic N) is 1. The lowest BCUT2D eigenvalue weighted by molar-refractivity contribution is -0.195. The van der Waals surface area contributed by atoms with Crippen molar-refractivity contribution in [2.24, 2.45) is 0 Å². The number of hydrogen-bond donors (Lipinski definition) is 1. The van der Waals surface area contributed by atoms with E-state index in [0.717, 1.165) is 6.54 Å². The molecule has 24 heavy (non-hydrogen) atoms. The van der Waals surface area contributed by atoms with Crippen LogP contribution in [0.3, 0.4) is 0 Å². The molecular formula is C19H30N2O3. The highest BCUT2D eigenvalue weighted by atomic mass is 16.7. The molecule has 0 spiro atoms. The Morgan fingerprint density at radius 2 is 1.75 bits per heavy atom. The fourth-order valence-corrected chi connectivity index (χ4v) is 2.93. The van der Waals surface area contributed by atoms with Crippen molar-refractivity contribution in [3.05, 3.63) is 35.4 Å². The normalized spacial score (nSPS) is 16.1. The molecule has 5 heteroatoms. The number of likely N-dealkylation sites (tertiary alicyclic amines) is 1. The molecule has 1 amide bonds. The zero-order valence-electron chi connectivity index (χ0n) is 15.1. The highest BCUT2D eigenvalue weighted by Crippen LogP contribution is 2.15. The summed E-state index contributed by atoms with van der Waals surface area (Å²) in [6, 6.07) is 7.91. The first-order chi connectivity index (χ1) is 11.6. The van der Waals surface area contributed by atoms with Crippen molar-refractivity contribution in [2.45, 2.75) is 44.9 Å². The van der Waals surface area contributed by atoms with Gasteiger partial charge in [0.05, 0.1) is 0 Å². The highest BCUT2D eigenvalue weighted by Gasteiger charge is 2.22. The summed E-state index contributed by atoms with van der Waals surface area (Å²) in [7, 11) is 3.21. The smallest absolute Gasteiger partial charge is 0.251 e. The third kappa shape index (κ3) is 5.58. The Balaban J connectivity index is 1.80. The Bertz CT molecular complexity index is 506. The van der Waals surface area contributed by atoms with Gasteiger partial charge in [-0.25, -0.2) is 0 Å². The fraction of sp³-hybridized carbons (Fsp3) is 0.632. The number of carbonyl (C=O) groups excluding carboxylic acids is 1. The molecule has 1 aromatic rings. The van der Waals surface area contributed by atoms with Crippen molar-refractivity contribution in [1.29, 1.82) is 0 Å². The number of rotatable bonds is 8. The van der Waals surface area contributed by atoms with E-state index in [1.54, 1.807) is 14.2 Å². The maximum atomic E-state index is 12.2. The molecule has 1 N–H and O–H groups in total. The van der Waals surface area contributed by atoms with E-state index in [1.165, 1.54) is 37.9 Å². The molecule has 1 aliphatic rings. The summed E-state index contributed by atoms with van der Waals surface area (Å²) >= 11 is 0. The minimum absolute atomic E-state index is 0.0610. The molecule has 0 aliphatic carbocycles. The second-order valence-corrected chi connectivity index (χ2v) is 6.58. The minimum Gasteiger partial charge on any atom is -0.353 e. The van der Waals surface area contributed by atoms with E-state index < -0.39 is 5.79 Å². The van der Waals surface area contributed by atoms with Gasteiger partial charge < -0.3 is 14.8 Å². The molecule has 0 radical (unpaired) electrons. The number of methoxy groups -OCH3 is 2. The minimum atomic E-state index is -0.661. The van der Waals surface area contributed by atoms with Gasteiger partial charge in [-0.05, 0) is 50.6 Å². The first-order valence-corrected chi connectivity index (χ1v) is 8.76. The van der Waals surface area contributed by atoms with Crippen molar-refractivity contribution in [3.8, 4) is 0 Å². The van der Waals surface area contributed by atoms with E-state index in [1.807, 2.05) is 19.1 Å². The summed E-state index contributed by atoms with van der Waals surface area (Å²) in [4.78, 5) is 14.7. The summed E-state index contributed by atoms with van der Waals surface area (Å²) in [5.74, 6) is -0.722. The Labute approximate surface area is 145 Å². The SMILES string of the molecule is COC(C)(CCNC(=O)c1ccc(CN2CCCCC2)cc1)OC. The maximum absolute atomic E-state index is 12.2. The molecule has 1 fully saturated rings. The molecule has 0 bridgehead atoms. The number of ether oxygens (including phenoxy) is 2. The standard InChI is InChI=1S/C19H30N2O3/c1-19(23-2,24-3)11-12-20-18(22)17-9-7-16(8-10-17)15-21-13-5-4-6-14-21/h7-10H,4-6,11-15H2,1-3H3,(H,20,22). The average molecular weight is 334 g/mol. The average Bonchev–Trinajstić information content (AvgIpc) is 2.63. The number of carbonyl (C=O) groups is 1. The van der Waals surface area contributed by atoms with E-state index >= 15 is 0 Å². The Hall–Kier alpha value is -1.43. The molecule has 0 aromatic heterocycles. The van der Waals surface area contributed by atoms with Crippen LogP contribution < -0.4 is 5.32 Å². The van der Waals surface area contributed by atoms with Crippen LogP contribution in [0.15, 0.2) is 24.3 Å². The van der Waals surface area contributed by atoms with Crippen LogP contribution >= 0.6 is 0 Å². The fourth-order valence-electron chi connectivity index (χ4n) is 2.93. The van der Waals surface area contributed by atoms with E-state index in [9.17, 15) is 4.79 Å². The van der Waals surface area contributed by atoms with Crippen molar-refractivity contribution in [1.82, 2.24) is 10.2 Å². The summed E-state index contributed by atoms with van der Waals surface area (Å²) in [6.45, 7) is 5.70. The monoisotopic (exact) mass is 334 g/mol. The zero-order valence-corrected chi connectivity index (χ0v) is 15.1. The van der Waals surface area contributed by atoms with Gasteiger partial charge in [-0.2, -0.15) is 0 Å². The van der Waals surface area contributed by atoms with Gasteiger partial charge >= 0.3 is 0 Å². The van der Waals surface area contributed by atoms with E-state index in [0.29, 0.717) is 18.5 Å². The lowest BCUT2D eigenvalue weighted by Gasteiger charge is -2.26. The van der Waals surface area contributed by atoms with Gasteiger partial charge in [-0.1, -0.05) is 18.6 Å². The van der Waals surface area contributed by atoms with Crippen LogP contribution in [0.25, 0.3) is 0 Å².